The lowest BCUT2D eigenvalue weighted by atomic mass is 10.0. The lowest BCUT2D eigenvalue weighted by Crippen LogP contribution is -1.96. The zero-order chi connectivity index (χ0) is 9.14. The van der Waals surface area contributed by atoms with Crippen LogP contribution in [0.1, 0.15) is 19.4 Å². The van der Waals surface area contributed by atoms with Gasteiger partial charge < -0.3 is 0 Å². The fraction of sp³-hybridized carbons (Fsp3) is 0.444. The number of halogens is 2. The second-order valence-corrected chi connectivity index (χ2v) is 4.89. The summed E-state index contributed by atoms with van der Waals surface area (Å²) in [5.74, 6) is 0.667. The molecule has 66 valence electrons. The van der Waals surface area contributed by atoms with Gasteiger partial charge in [-0.15, -0.1) is 0 Å². The summed E-state index contributed by atoms with van der Waals surface area (Å²) in [4.78, 5) is 4.06. The molecule has 0 N–H and O–H groups in total. The van der Waals surface area contributed by atoms with Gasteiger partial charge in [-0.25, -0.2) is 0 Å². The number of hydrogen-bond donors (Lipinski definition) is 0. The maximum Gasteiger partial charge on any atom is 0.0413 e. The first-order valence-electron chi connectivity index (χ1n) is 3.89. The Kier molecular flexibility index (Phi) is 3.72. The normalized spacial score (nSPS) is 10.8. The molecule has 0 saturated carbocycles. The van der Waals surface area contributed by atoms with Crippen LogP contribution in [0.2, 0.25) is 0 Å². The molecule has 0 aliphatic carbocycles. The Hall–Kier alpha value is 0.110. The van der Waals surface area contributed by atoms with Gasteiger partial charge in [0.25, 0.3) is 0 Å². The molecule has 1 nitrogen and oxygen atoms in total. The van der Waals surface area contributed by atoms with Crippen molar-refractivity contribution in [3.8, 4) is 0 Å². The molecule has 0 amide bonds. The number of nitrogens with zero attached hydrogens (tertiary/aromatic N) is 1. The van der Waals surface area contributed by atoms with Crippen LogP contribution < -0.4 is 0 Å². The van der Waals surface area contributed by atoms with E-state index in [0.717, 1.165) is 15.4 Å². The van der Waals surface area contributed by atoms with E-state index in [9.17, 15) is 0 Å². The molecule has 0 fully saturated rings. The van der Waals surface area contributed by atoms with Crippen molar-refractivity contribution >= 4 is 31.9 Å². The van der Waals surface area contributed by atoms with E-state index >= 15 is 0 Å². The molecule has 0 radical (unpaired) electrons. The summed E-state index contributed by atoms with van der Waals surface area (Å²) in [6, 6.07) is 0. The van der Waals surface area contributed by atoms with Crippen LogP contribution in [0, 0.1) is 5.92 Å². The van der Waals surface area contributed by atoms with E-state index in [-0.39, 0.29) is 0 Å². The third-order valence-corrected chi connectivity index (χ3v) is 2.93. The van der Waals surface area contributed by atoms with Gasteiger partial charge >= 0.3 is 0 Å². The van der Waals surface area contributed by atoms with Crippen molar-refractivity contribution in [2.75, 3.05) is 0 Å². The first-order valence-corrected chi connectivity index (χ1v) is 5.47. The van der Waals surface area contributed by atoms with Gasteiger partial charge in [0.15, 0.2) is 0 Å². The van der Waals surface area contributed by atoms with Crippen molar-refractivity contribution in [3.05, 3.63) is 26.9 Å². The van der Waals surface area contributed by atoms with E-state index in [4.69, 9.17) is 0 Å². The fourth-order valence-corrected chi connectivity index (χ4v) is 2.29. The van der Waals surface area contributed by atoms with Crippen molar-refractivity contribution in [1.82, 2.24) is 4.98 Å². The molecule has 0 bridgehead atoms. The molecule has 0 aliphatic rings. The second-order valence-electron chi connectivity index (χ2n) is 3.18. The third-order valence-electron chi connectivity index (χ3n) is 1.56. The average Bonchev–Trinajstić information content (AvgIpc) is 1.97. The smallest absolute Gasteiger partial charge is 0.0413 e. The molecule has 0 saturated heterocycles. The molecule has 1 aromatic rings. The van der Waals surface area contributed by atoms with E-state index in [1.165, 1.54) is 5.56 Å². The highest BCUT2D eigenvalue weighted by atomic mass is 79.9. The van der Waals surface area contributed by atoms with Gasteiger partial charge in [-0.3, -0.25) is 4.98 Å². The average molecular weight is 293 g/mol. The first-order chi connectivity index (χ1) is 5.61. The predicted octanol–water partition coefficient (Wildman–Crippen LogP) is 3.81. The van der Waals surface area contributed by atoms with Crippen LogP contribution in [0.25, 0.3) is 0 Å². The lowest BCUT2D eigenvalue weighted by molar-refractivity contribution is 0.643. The Morgan fingerprint density at radius 3 is 2.17 bits per heavy atom. The quantitative estimate of drug-likeness (QED) is 0.808. The summed E-state index contributed by atoms with van der Waals surface area (Å²) < 4.78 is 2.18. The second kappa shape index (κ2) is 4.38. The van der Waals surface area contributed by atoms with Crippen molar-refractivity contribution in [2.45, 2.75) is 20.3 Å². The third kappa shape index (κ3) is 2.56. The van der Waals surface area contributed by atoms with Crippen LogP contribution in [0.3, 0.4) is 0 Å². The maximum atomic E-state index is 4.06. The fourth-order valence-electron chi connectivity index (χ4n) is 1.04. The van der Waals surface area contributed by atoms with E-state index in [2.05, 4.69) is 50.7 Å². The molecular formula is C9H11Br2N. The zero-order valence-electron chi connectivity index (χ0n) is 7.14. The summed E-state index contributed by atoms with van der Waals surface area (Å²) in [6.07, 6.45) is 4.74. The number of pyridine rings is 1. The Bertz CT molecular complexity index is 251. The van der Waals surface area contributed by atoms with Crippen LogP contribution in [0.4, 0.5) is 0 Å². The largest absolute Gasteiger partial charge is 0.262 e. The molecule has 12 heavy (non-hydrogen) atoms. The number of hydrogen-bond acceptors (Lipinski definition) is 1. The number of aromatic nitrogens is 1. The van der Waals surface area contributed by atoms with Crippen LogP contribution >= 0.6 is 31.9 Å². The minimum Gasteiger partial charge on any atom is -0.262 e. The molecule has 0 atom stereocenters. The molecule has 0 aliphatic heterocycles. The van der Waals surface area contributed by atoms with E-state index < -0.39 is 0 Å². The van der Waals surface area contributed by atoms with E-state index in [0.29, 0.717) is 5.92 Å². The van der Waals surface area contributed by atoms with Crippen molar-refractivity contribution in [2.24, 2.45) is 5.92 Å². The molecule has 3 heteroatoms. The minimum absolute atomic E-state index is 0.667. The van der Waals surface area contributed by atoms with Gasteiger partial charge in [-0.1, -0.05) is 13.8 Å². The highest BCUT2D eigenvalue weighted by molar-refractivity contribution is 9.11. The predicted molar refractivity (Wildman–Crippen MR) is 58.2 cm³/mol. The van der Waals surface area contributed by atoms with Crippen LogP contribution in [-0.4, -0.2) is 4.98 Å². The van der Waals surface area contributed by atoms with Gasteiger partial charge in [0.2, 0.25) is 0 Å². The highest BCUT2D eigenvalue weighted by Crippen LogP contribution is 2.26. The molecule has 1 rings (SSSR count). The lowest BCUT2D eigenvalue weighted by Gasteiger charge is -2.08. The summed E-state index contributed by atoms with van der Waals surface area (Å²) >= 11 is 6.97. The Morgan fingerprint density at radius 1 is 1.25 bits per heavy atom. The monoisotopic (exact) mass is 291 g/mol. The van der Waals surface area contributed by atoms with Crippen molar-refractivity contribution in [3.63, 3.8) is 0 Å². The van der Waals surface area contributed by atoms with Crippen LogP contribution in [0.15, 0.2) is 21.3 Å². The van der Waals surface area contributed by atoms with Gasteiger partial charge in [0.1, 0.15) is 0 Å². The van der Waals surface area contributed by atoms with Gasteiger partial charge in [0, 0.05) is 21.3 Å². The standard InChI is InChI=1S/C9H11Br2N/c1-6(2)3-7-8(10)4-12-5-9(7)11/h4-6H,3H2,1-2H3. The minimum atomic E-state index is 0.667. The number of rotatable bonds is 2. The Balaban J connectivity index is 2.96. The summed E-state index contributed by atoms with van der Waals surface area (Å²) in [5.41, 5.74) is 1.31. The summed E-state index contributed by atoms with van der Waals surface area (Å²) in [5, 5.41) is 0. The Labute approximate surface area is 89.8 Å². The van der Waals surface area contributed by atoms with E-state index in [1.54, 1.807) is 0 Å². The highest BCUT2D eigenvalue weighted by Gasteiger charge is 2.06. The zero-order valence-corrected chi connectivity index (χ0v) is 10.3. The maximum absolute atomic E-state index is 4.06. The van der Waals surface area contributed by atoms with E-state index in [1.807, 2.05) is 12.4 Å². The summed E-state index contributed by atoms with van der Waals surface area (Å²) in [6.45, 7) is 4.42. The topological polar surface area (TPSA) is 12.9 Å². The SMILES string of the molecule is CC(C)Cc1c(Br)cncc1Br. The Morgan fingerprint density at radius 2 is 1.75 bits per heavy atom. The molecule has 0 unspecified atom stereocenters. The van der Waals surface area contributed by atoms with Gasteiger partial charge in [0.05, 0.1) is 0 Å². The molecule has 1 aromatic heterocycles. The van der Waals surface area contributed by atoms with Gasteiger partial charge in [-0.05, 0) is 49.8 Å². The van der Waals surface area contributed by atoms with Crippen molar-refractivity contribution < 1.29 is 0 Å². The molecule has 0 aromatic carbocycles. The summed E-state index contributed by atoms with van der Waals surface area (Å²) in [7, 11) is 0. The van der Waals surface area contributed by atoms with Crippen LogP contribution in [0.5, 0.6) is 0 Å². The molecule has 1 heterocycles. The molecular weight excluding hydrogens is 282 g/mol. The van der Waals surface area contributed by atoms with Crippen molar-refractivity contribution in [1.29, 1.82) is 0 Å². The van der Waals surface area contributed by atoms with Crippen LogP contribution in [-0.2, 0) is 6.42 Å². The van der Waals surface area contributed by atoms with Gasteiger partial charge in [-0.2, -0.15) is 0 Å². The molecule has 0 spiro atoms. The first kappa shape index (κ1) is 10.2.